The van der Waals surface area contributed by atoms with Crippen LogP contribution in [0.25, 0.3) is 0 Å². The van der Waals surface area contributed by atoms with Crippen molar-refractivity contribution in [2.75, 3.05) is 28.4 Å². The number of ether oxygens (including phenoxy) is 5. The van der Waals surface area contributed by atoms with Gasteiger partial charge in [0.25, 0.3) is 0 Å². The second-order valence-corrected chi connectivity index (χ2v) is 5.71. The third-order valence-electron chi connectivity index (χ3n) is 4.37. The molecule has 1 N–H and O–H groups in total. The van der Waals surface area contributed by atoms with Crippen LogP contribution < -0.4 is 23.7 Å². The van der Waals surface area contributed by atoms with Crippen LogP contribution in [-0.2, 0) is 6.42 Å². The molecule has 0 spiro atoms. The van der Waals surface area contributed by atoms with Gasteiger partial charge in [-0.15, -0.1) is 0 Å². The van der Waals surface area contributed by atoms with Crippen molar-refractivity contribution in [2.45, 2.75) is 18.9 Å². The molecule has 0 saturated heterocycles. The summed E-state index contributed by atoms with van der Waals surface area (Å²) in [5.41, 5.74) is 1.88. The van der Waals surface area contributed by atoms with Crippen LogP contribution in [0.4, 0.5) is 0 Å². The van der Waals surface area contributed by atoms with E-state index in [0.29, 0.717) is 28.7 Å². The molecule has 1 aliphatic rings. The second kappa shape index (κ2) is 7.01. The van der Waals surface area contributed by atoms with E-state index in [9.17, 15) is 5.11 Å². The highest BCUT2D eigenvalue weighted by molar-refractivity contribution is 5.58. The van der Waals surface area contributed by atoms with Crippen LogP contribution in [0.15, 0.2) is 24.3 Å². The number of phenolic OH excluding ortho intramolecular Hbond substituents is 1. The molecule has 0 aromatic heterocycles. The van der Waals surface area contributed by atoms with Gasteiger partial charge in [0.15, 0.2) is 23.0 Å². The average Bonchev–Trinajstić information content (AvgIpc) is 2.65. The number of phenols is 1. The molecule has 0 aliphatic carbocycles. The summed E-state index contributed by atoms with van der Waals surface area (Å²) in [5.74, 6) is 2.66. The van der Waals surface area contributed by atoms with Crippen LogP contribution in [0.5, 0.6) is 34.5 Å². The summed E-state index contributed by atoms with van der Waals surface area (Å²) in [7, 11) is 6.21. The van der Waals surface area contributed by atoms with Crippen LogP contribution in [0.2, 0.25) is 0 Å². The number of aromatic hydroxyl groups is 1. The smallest absolute Gasteiger partial charge is 0.203 e. The van der Waals surface area contributed by atoms with E-state index in [1.54, 1.807) is 20.3 Å². The summed E-state index contributed by atoms with van der Waals surface area (Å²) < 4.78 is 27.5. The topological polar surface area (TPSA) is 66.4 Å². The van der Waals surface area contributed by atoms with Gasteiger partial charge in [-0.3, -0.25) is 0 Å². The van der Waals surface area contributed by atoms with Crippen molar-refractivity contribution in [2.24, 2.45) is 0 Å². The fourth-order valence-electron chi connectivity index (χ4n) is 3.14. The number of hydrogen-bond donors (Lipinski definition) is 1. The quantitative estimate of drug-likeness (QED) is 0.894. The average molecular weight is 346 g/mol. The Labute approximate surface area is 146 Å². The minimum absolute atomic E-state index is 0.0175. The SMILES string of the molecule is COc1cc(C2CCc3ccc(OC)c(OC)c3O2)cc(O)c1OC. The predicted molar refractivity (Wildman–Crippen MR) is 92.4 cm³/mol. The maximum absolute atomic E-state index is 10.2. The minimum atomic E-state index is -0.237. The lowest BCUT2D eigenvalue weighted by atomic mass is 9.96. The molecule has 25 heavy (non-hydrogen) atoms. The third kappa shape index (κ3) is 2.99. The summed E-state index contributed by atoms with van der Waals surface area (Å²) in [6.45, 7) is 0. The second-order valence-electron chi connectivity index (χ2n) is 5.71. The van der Waals surface area contributed by atoms with Crippen molar-refractivity contribution in [3.8, 4) is 34.5 Å². The molecule has 0 radical (unpaired) electrons. The van der Waals surface area contributed by atoms with E-state index in [2.05, 4.69) is 0 Å². The fourth-order valence-corrected chi connectivity index (χ4v) is 3.14. The van der Waals surface area contributed by atoms with Crippen LogP contribution >= 0.6 is 0 Å². The van der Waals surface area contributed by atoms with Crippen molar-refractivity contribution in [3.05, 3.63) is 35.4 Å². The molecule has 2 aromatic rings. The molecular formula is C19H22O6. The van der Waals surface area contributed by atoms with E-state index >= 15 is 0 Å². The Hall–Kier alpha value is -2.76. The molecule has 6 heteroatoms. The normalized spacial score (nSPS) is 15.8. The van der Waals surface area contributed by atoms with E-state index in [-0.39, 0.29) is 11.9 Å². The summed E-state index contributed by atoms with van der Waals surface area (Å²) >= 11 is 0. The van der Waals surface area contributed by atoms with E-state index in [1.807, 2.05) is 18.2 Å². The minimum Gasteiger partial charge on any atom is -0.504 e. The van der Waals surface area contributed by atoms with Crippen LogP contribution in [-0.4, -0.2) is 33.5 Å². The molecule has 6 nitrogen and oxygen atoms in total. The molecule has 134 valence electrons. The Morgan fingerprint density at radius 1 is 0.920 bits per heavy atom. The highest BCUT2D eigenvalue weighted by atomic mass is 16.5. The Kier molecular flexibility index (Phi) is 4.79. The van der Waals surface area contributed by atoms with Gasteiger partial charge in [-0.25, -0.2) is 0 Å². The van der Waals surface area contributed by atoms with Gasteiger partial charge in [0, 0.05) is 0 Å². The third-order valence-corrected chi connectivity index (χ3v) is 4.37. The van der Waals surface area contributed by atoms with Gasteiger partial charge >= 0.3 is 0 Å². The predicted octanol–water partition coefficient (Wildman–Crippen LogP) is 3.49. The maximum Gasteiger partial charge on any atom is 0.203 e. The van der Waals surface area contributed by atoms with E-state index in [0.717, 1.165) is 24.0 Å². The number of fused-ring (bicyclic) bond motifs is 1. The number of rotatable bonds is 5. The Morgan fingerprint density at radius 3 is 2.28 bits per heavy atom. The largest absolute Gasteiger partial charge is 0.504 e. The Morgan fingerprint density at radius 2 is 1.64 bits per heavy atom. The van der Waals surface area contributed by atoms with E-state index < -0.39 is 0 Å². The van der Waals surface area contributed by atoms with Crippen molar-refractivity contribution in [1.82, 2.24) is 0 Å². The molecule has 3 rings (SSSR count). The molecule has 1 atom stereocenters. The summed E-state index contributed by atoms with van der Waals surface area (Å²) in [6.07, 6.45) is 1.37. The number of methoxy groups -OCH3 is 4. The van der Waals surface area contributed by atoms with Gasteiger partial charge < -0.3 is 28.8 Å². The number of hydrogen-bond acceptors (Lipinski definition) is 6. The van der Waals surface area contributed by atoms with Crippen molar-refractivity contribution < 1.29 is 28.8 Å². The molecule has 2 aromatic carbocycles. The first kappa shape index (κ1) is 17.1. The first-order chi connectivity index (χ1) is 12.1. The molecule has 0 bridgehead atoms. The molecule has 0 saturated carbocycles. The summed E-state index contributed by atoms with van der Waals surface area (Å²) in [4.78, 5) is 0. The van der Waals surface area contributed by atoms with E-state index in [4.69, 9.17) is 23.7 Å². The zero-order valence-corrected chi connectivity index (χ0v) is 14.8. The van der Waals surface area contributed by atoms with Crippen LogP contribution in [0, 0.1) is 0 Å². The van der Waals surface area contributed by atoms with Crippen molar-refractivity contribution >= 4 is 0 Å². The molecular weight excluding hydrogens is 324 g/mol. The van der Waals surface area contributed by atoms with Gasteiger partial charge in [-0.05, 0) is 42.2 Å². The van der Waals surface area contributed by atoms with Gasteiger partial charge in [0.2, 0.25) is 11.5 Å². The highest BCUT2D eigenvalue weighted by Crippen LogP contribution is 2.47. The highest BCUT2D eigenvalue weighted by Gasteiger charge is 2.28. The van der Waals surface area contributed by atoms with Crippen molar-refractivity contribution in [3.63, 3.8) is 0 Å². The monoisotopic (exact) mass is 346 g/mol. The fraction of sp³-hybridized carbons (Fsp3) is 0.368. The first-order valence-electron chi connectivity index (χ1n) is 7.98. The first-order valence-corrected chi connectivity index (χ1v) is 7.98. The molecule has 0 fully saturated rings. The molecule has 1 aliphatic heterocycles. The number of benzene rings is 2. The lowest BCUT2D eigenvalue weighted by Gasteiger charge is -2.28. The Balaban J connectivity index is 1.99. The molecule has 1 heterocycles. The molecule has 0 amide bonds. The van der Waals surface area contributed by atoms with Crippen molar-refractivity contribution in [1.29, 1.82) is 0 Å². The lowest BCUT2D eigenvalue weighted by Crippen LogP contribution is -2.16. The zero-order chi connectivity index (χ0) is 18.0. The maximum atomic E-state index is 10.2. The molecule has 1 unspecified atom stereocenters. The zero-order valence-electron chi connectivity index (χ0n) is 14.8. The van der Waals surface area contributed by atoms with Crippen LogP contribution in [0.3, 0.4) is 0 Å². The number of aryl methyl sites for hydroxylation is 1. The summed E-state index contributed by atoms with van der Waals surface area (Å²) in [5, 5.41) is 10.2. The lowest BCUT2D eigenvalue weighted by molar-refractivity contribution is 0.166. The van der Waals surface area contributed by atoms with Gasteiger partial charge in [-0.2, -0.15) is 0 Å². The van der Waals surface area contributed by atoms with Gasteiger partial charge in [-0.1, -0.05) is 6.07 Å². The van der Waals surface area contributed by atoms with Gasteiger partial charge in [0.1, 0.15) is 6.10 Å². The Bertz CT molecular complexity index is 771. The van der Waals surface area contributed by atoms with E-state index in [1.165, 1.54) is 14.2 Å². The van der Waals surface area contributed by atoms with Crippen LogP contribution in [0.1, 0.15) is 23.7 Å². The standard InChI is InChI=1S/C19H22O6/c1-21-15-8-6-11-5-7-14(25-17(11)19(15)24-4)12-9-13(20)18(23-3)16(10-12)22-2/h6,8-10,14,20H,5,7H2,1-4H3. The summed E-state index contributed by atoms with van der Waals surface area (Å²) in [6, 6.07) is 7.33. The van der Waals surface area contributed by atoms with Gasteiger partial charge in [0.05, 0.1) is 28.4 Å².